The van der Waals surface area contributed by atoms with E-state index >= 15 is 0 Å². The van der Waals surface area contributed by atoms with Gasteiger partial charge in [-0.05, 0) is 48.6 Å². The van der Waals surface area contributed by atoms with Crippen LogP contribution >= 0.6 is 0 Å². The number of aromatic nitrogens is 2. The number of hydrogen-bond donors (Lipinski definition) is 0. The summed E-state index contributed by atoms with van der Waals surface area (Å²) >= 11 is 0. The number of benzene rings is 1. The van der Waals surface area contributed by atoms with Gasteiger partial charge in [0.25, 0.3) is 0 Å². The Hall–Kier alpha value is -2.10. The average Bonchev–Trinajstić information content (AvgIpc) is 2.53. The second kappa shape index (κ2) is 6.12. The molecule has 0 bridgehead atoms. The molecule has 0 amide bonds. The van der Waals surface area contributed by atoms with E-state index < -0.39 is 0 Å². The van der Waals surface area contributed by atoms with E-state index in [2.05, 4.69) is 40.0 Å². The third kappa shape index (κ3) is 3.15. The minimum atomic E-state index is 0.780. The van der Waals surface area contributed by atoms with Crippen molar-refractivity contribution in [2.24, 2.45) is 0 Å². The van der Waals surface area contributed by atoms with E-state index in [4.69, 9.17) is 4.74 Å². The Labute approximate surface area is 125 Å². The highest BCUT2D eigenvalue weighted by molar-refractivity contribution is 5.43. The van der Waals surface area contributed by atoms with Crippen LogP contribution in [0.5, 0.6) is 5.75 Å². The summed E-state index contributed by atoms with van der Waals surface area (Å²) in [6.07, 6.45) is 5.80. The fraction of sp³-hybridized carbons (Fsp3) is 0.412. The number of nitrogens with zero attached hydrogens (tertiary/aromatic N) is 3. The van der Waals surface area contributed by atoms with Crippen molar-refractivity contribution < 1.29 is 4.74 Å². The summed E-state index contributed by atoms with van der Waals surface area (Å²) in [4.78, 5) is 11.1. The van der Waals surface area contributed by atoms with Gasteiger partial charge in [0, 0.05) is 25.5 Å². The van der Waals surface area contributed by atoms with Gasteiger partial charge < -0.3 is 9.64 Å². The van der Waals surface area contributed by atoms with Gasteiger partial charge in [0.15, 0.2) is 0 Å². The molecule has 0 fully saturated rings. The van der Waals surface area contributed by atoms with Gasteiger partial charge in [-0.3, -0.25) is 0 Å². The Morgan fingerprint density at radius 1 is 1.19 bits per heavy atom. The highest BCUT2D eigenvalue weighted by atomic mass is 16.5. The number of aryl methyl sites for hydroxylation is 1. The molecule has 0 aliphatic carbocycles. The quantitative estimate of drug-likeness (QED) is 0.864. The first-order valence-electron chi connectivity index (χ1n) is 7.54. The maximum Gasteiger partial charge on any atom is 0.225 e. The molecule has 1 aliphatic heterocycles. The molecular weight excluding hydrogens is 262 g/mol. The lowest BCUT2D eigenvalue weighted by atomic mass is 10.00. The molecule has 110 valence electrons. The lowest BCUT2D eigenvalue weighted by Crippen LogP contribution is -2.31. The summed E-state index contributed by atoms with van der Waals surface area (Å²) < 4.78 is 5.71. The highest BCUT2D eigenvalue weighted by Crippen LogP contribution is 2.25. The van der Waals surface area contributed by atoms with Gasteiger partial charge in [0.1, 0.15) is 5.75 Å². The molecule has 0 saturated heterocycles. The zero-order valence-corrected chi connectivity index (χ0v) is 12.7. The molecule has 3 rings (SSSR count). The van der Waals surface area contributed by atoms with Crippen molar-refractivity contribution in [2.75, 3.05) is 18.1 Å². The lowest BCUT2D eigenvalue weighted by Gasteiger charge is -2.29. The third-order valence-corrected chi connectivity index (χ3v) is 3.71. The molecule has 0 saturated carbocycles. The van der Waals surface area contributed by atoms with Gasteiger partial charge in [-0.15, -0.1) is 0 Å². The molecule has 0 atom stereocenters. The standard InChI is InChI=1S/C17H21N3O/c1-3-8-21-16-5-4-15-12-20(7-6-14(15)9-16)17-18-10-13(2)11-19-17/h4-5,9-11H,3,6-8,12H2,1-2H3. The van der Waals surface area contributed by atoms with Crippen LogP contribution in [0.1, 0.15) is 30.0 Å². The van der Waals surface area contributed by atoms with Crippen LogP contribution in [0.3, 0.4) is 0 Å². The van der Waals surface area contributed by atoms with Crippen molar-refractivity contribution in [1.82, 2.24) is 9.97 Å². The third-order valence-electron chi connectivity index (χ3n) is 3.71. The van der Waals surface area contributed by atoms with Gasteiger partial charge in [0.05, 0.1) is 6.61 Å². The van der Waals surface area contributed by atoms with E-state index in [-0.39, 0.29) is 0 Å². The lowest BCUT2D eigenvalue weighted by molar-refractivity contribution is 0.317. The number of ether oxygens (including phenoxy) is 1. The highest BCUT2D eigenvalue weighted by Gasteiger charge is 2.18. The van der Waals surface area contributed by atoms with E-state index in [9.17, 15) is 0 Å². The molecule has 0 unspecified atom stereocenters. The number of fused-ring (bicyclic) bond motifs is 1. The van der Waals surface area contributed by atoms with E-state index in [1.807, 2.05) is 19.3 Å². The van der Waals surface area contributed by atoms with Crippen LogP contribution in [-0.4, -0.2) is 23.1 Å². The number of hydrogen-bond acceptors (Lipinski definition) is 4. The second-order valence-electron chi connectivity index (χ2n) is 5.51. The van der Waals surface area contributed by atoms with E-state index in [1.165, 1.54) is 11.1 Å². The molecule has 4 nitrogen and oxygen atoms in total. The zero-order valence-electron chi connectivity index (χ0n) is 12.7. The Bertz CT molecular complexity index is 610. The summed E-state index contributed by atoms with van der Waals surface area (Å²) in [6.45, 7) is 6.73. The van der Waals surface area contributed by atoms with E-state index in [0.717, 1.165) is 49.8 Å². The first-order chi connectivity index (χ1) is 10.3. The molecular formula is C17H21N3O. The van der Waals surface area contributed by atoms with Gasteiger partial charge in [0.2, 0.25) is 5.95 Å². The molecule has 2 aromatic rings. The minimum Gasteiger partial charge on any atom is -0.494 e. The maximum atomic E-state index is 5.71. The monoisotopic (exact) mass is 283 g/mol. The van der Waals surface area contributed by atoms with Crippen molar-refractivity contribution in [1.29, 1.82) is 0 Å². The SMILES string of the molecule is CCCOc1ccc2c(c1)CCN(c1ncc(C)cn1)C2. The van der Waals surface area contributed by atoms with Crippen LogP contribution in [0.2, 0.25) is 0 Å². The molecule has 1 aromatic heterocycles. The predicted molar refractivity (Wildman–Crippen MR) is 83.8 cm³/mol. The van der Waals surface area contributed by atoms with Crippen molar-refractivity contribution in [3.8, 4) is 5.75 Å². The molecule has 0 spiro atoms. The van der Waals surface area contributed by atoms with Gasteiger partial charge >= 0.3 is 0 Å². The van der Waals surface area contributed by atoms with Crippen molar-refractivity contribution in [3.63, 3.8) is 0 Å². The summed E-state index contributed by atoms with van der Waals surface area (Å²) in [5, 5.41) is 0. The Morgan fingerprint density at radius 3 is 2.76 bits per heavy atom. The number of rotatable bonds is 4. The first kappa shape index (κ1) is 13.9. The largest absolute Gasteiger partial charge is 0.494 e. The summed E-state index contributed by atoms with van der Waals surface area (Å²) in [5.74, 6) is 1.80. The van der Waals surface area contributed by atoms with Crippen LogP contribution in [-0.2, 0) is 13.0 Å². The van der Waals surface area contributed by atoms with E-state index in [1.54, 1.807) is 0 Å². The summed E-state index contributed by atoms with van der Waals surface area (Å²) in [7, 11) is 0. The normalized spacial score (nSPS) is 13.9. The Morgan fingerprint density at radius 2 is 2.00 bits per heavy atom. The van der Waals surface area contributed by atoms with Crippen LogP contribution in [0, 0.1) is 6.92 Å². The molecule has 4 heteroatoms. The van der Waals surface area contributed by atoms with Crippen LogP contribution in [0.25, 0.3) is 0 Å². The van der Waals surface area contributed by atoms with Crippen molar-refractivity contribution in [2.45, 2.75) is 33.2 Å². The number of anilines is 1. The molecule has 1 aliphatic rings. The minimum absolute atomic E-state index is 0.780. The van der Waals surface area contributed by atoms with Gasteiger partial charge in [-0.1, -0.05) is 13.0 Å². The van der Waals surface area contributed by atoms with Gasteiger partial charge in [-0.2, -0.15) is 0 Å². The Balaban J connectivity index is 1.75. The molecule has 0 radical (unpaired) electrons. The predicted octanol–water partition coefficient (Wildman–Crippen LogP) is 3.14. The smallest absolute Gasteiger partial charge is 0.225 e. The summed E-state index contributed by atoms with van der Waals surface area (Å²) in [5.41, 5.74) is 3.81. The summed E-state index contributed by atoms with van der Waals surface area (Å²) in [6, 6.07) is 6.41. The van der Waals surface area contributed by atoms with Crippen LogP contribution in [0.4, 0.5) is 5.95 Å². The van der Waals surface area contributed by atoms with Crippen molar-refractivity contribution >= 4 is 5.95 Å². The fourth-order valence-electron chi connectivity index (χ4n) is 2.56. The molecule has 21 heavy (non-hydrogen) atoms. The fourth-order valence-corrected chi connectivity index (χ4v) is 2.56. The van der Waals surface area contributed by atoms with Gasteiger partial charge in [-0.25, -0.2) is 9.97 Å². The topological polar surface area (TPSA) is 38.2 Å². The Kier molecular flexibility index (Phi) is 4.04. The first-order valence-corrected chi connectivity index (χ1v) is 7.54. The zero-order chi connectivity index (χ0) is 14.7. The van der Waals surface area contributed by atoms with Crippen LogP contribution < -0.4 is 9.64 Å². The van der Waals surface area contributed by atoms with Crippen molar-refractivity contribution in [3.05, 3.63) is 47.3 Å². The molecule has 1 aromatic carbocycles. The van der Waals surface area contributed by atoms with E-state index in [0.29, 0.717) is 0 Å². The second-order valence-corrected chi connectivity index (χ2v) is 5.51. The molecule has 0 N–H and O–H groups in total. The molecule has 2 heterocycles. The van der Waals surface area contributed by atoms with Crippen LogP contribution in [0.15, 0.2) is 30.6 Å². The average molecular weight is 283 g/mol. The maximum absolute atomic E-state index is 5.71.